The summed E-state index contributed by atoms with van der Waals surface area (Å²) >= 11 is 3.48. The van der Waals surface area contributed by atoms with Crippen molar-refractivity contribution in [1.29, 1.82) is 5.26 Å². The number of anilines is 2. The Bertz CT molecular complexity index is 838. The van der Waals surface area contributed by atoms with Gasteiger partial charge in [0.25, 0.3) is 0 Å². The fourth-order valence-electron chi connectivity index (χ4n) is 2.54. The van der Waals surface area contributed by atoms with E-state index in [4.69, 9.17) is 31.2 Å². The van der Waals surface area contributed by atoms with Crippen molar-refractivity contribution in [3.8, 4) is 0 Å². The van der Waals surface area contributed by atoms with E-state index in [1.165, 1.54) is 5.56 Å². The van der Waals surface area contributed by atoms with Crippen molar-refractivity contribution in [2.75, 3.05) is 18.6 Å². The second kappa shape index (κ2) is 14.9. The number of nitrogens with zero attached hydrogens (tertiary/aromatic N) is 2. The van der Waals surface area contributed by atoms with Gasteiger partial charge in [-0.05, 0) is 74.9 Å². The van der Waals surface area contributed by atoms with E-state index < -0.39 is 7.15 Å². The summed E-state index contributed by atoms with van der Waals surface area (Å²) in [4.78, 5) is 3.44. The van der Waals surface area contributed by atoms with Gasteiger partial charge >= 0.3 is 17.1 Å². The van der Waals surface area contributed by atoms with Gasteiger partial charge < -0.3 is 23.3 Å². The summed E-state index contributed by atoms with van der Waals surface area (Å²) < 4.78 is 16.6. The zero-order valence-corrected chi connectivity index (χ0v) is 19.5. The molecule has 7 heteroatoms. The van der Waals surface area contributed by atoms with Gasteiger partial charge in [-0.25, -0.2) is 4.85 Å². The van der Waals surface area contributed by atoms with E-state index in [2.05, 4.69) is 33.8 Å². The van der Waals surface area contributed by atoms with Crippen molar-refractivity contribution < 1.29 is 22.8 Å². The number of aryl methyl sites for hydroxylation is 4. The molecule has 4 nitrogen and oxygen atoms in total. The van der Waals surface area contributed by atoms with Crippen molar-refractivity contribution in [3.63, 3.8) is 0 Å². The molecule has 2 aromatic rings. The summed E-state index contributed by atoms with van der Waals surface area (Å²) in [5.74, 6) is 0. The van der Waals surface area contributed by atoms with E-state index in [9.17, 15) is 4.39 Å². The first-order chi connectivity index (χ1) is 13.0. The molecule has 2 rings (SSSR count). The van der Waals surface area contributed by atoms with E-state index in [0.717, 1.165) is 43.7 Å². The van der Waals surface area contributed by atoms with Gasteiger partial charge in [0, 0.05) is 15.8 Å². The van der Waals surface area contributed by atoms with Crippen LogP contribution in [-0.4, -0.2) is 7.15 Å². The second-order valence-corrected chi connectivity index (χ2v) is 6.67. The van der Waals surface area contributed by atoms with E-state index >= 15 is 0 Å². The van der Waals surface area contributed by atoms with Gasteiger partial charge in [0.2, 0.25) is 0 Å². The molecule has 0 aliphatic carbocycles. The molecule has 0 radical (unpaired) electrons. The van der Waals surface area contributed by atoms with Crippen molar-refractivity contribution in [3.05, 3.63) is 68.0 Å². The average Bonchev–Trinajstić information content (AvgIpc) is 2.66. The first kappa shape index (κ1) is 28.2. The van der Waals surface area contributed by atoms with Gasteiger partial charge in [0.1, 0.15) is 0 Å². The molecule has 0 aromatic heterocycles. The molecule has 0 aliphatic rings. The summed E-state index contributed by atoms with van der Waals surface area (Å²) in [5, 5.41) is 6.25. The number of rotatable bonds is 0. The molecule has 4 N–H and O–H groups in total. The minimum absolute atomic E-state index is 0. The monoisotopic (exact) mass is 497 g/mol. The van der Waals surface area contributed by atoms with Crippen LogP contribution >= 0.6 is 15.9 Å². The van der Waals surface area contributed by atoms with E-state index in [-0.39, 0.29) is 17.1 Å². The maximum atomic E-state index is 9.96. The van der Waals surface area contributed by atoms with E-state index in [1.54, 1.807) is 0 Å². The SMILES string of the molecule is Cc1cc(C)c(Br)c(C)c1N.[2H]CF.[C-]#N.[C-]#[N+]c1c(C)cc(C)c(N)c1C.[Cu+]. The zero-order valence-electron chi connectivity index (χ0n) is 18.0. The minimum atomic E-state index is -1.00. The van der Waals surface area contributed by atoms with Crippen LogP contribution in [0.1, 0.15) is 34.8 Å². The number of benzene rings is 2. The number of nitrogens with two attached hydrogens (primary N) is 2. The Balaban J connectivity index is -0.000000372. The number of nitrogen functional groups attached to an aromatic ring is 2. The molecule has 0 atom stereocenters. The van der Waals surface area contributed by atoms with Crippen LogP contribution in [0, 0.1) is 59.9 Å². The van der Waals surface area contributed by atoms with Crippen molar-refractivity contribution in [2.24, 2.45) is 0 Å². The molecule has 0 saturated carbocycles. The quantitative estimate of drug-likeness (QED) is 0.251. The van der Waals surface area contributed by atoms with Crippen LogP contribution < -0.4 is 11.5 Å². The van der Waals surface area contributed by atoms with Crippen LogP contribution in [0.4, 0.5) is 21.5 Å². The smallest absolute Gasteiger partial charge is 0.512 e. The van der Waals surface area contributed by atoms with Crippen LogP contribution in [-0.2, 0) is 17.1 Å². The molecule has 0 unspecified atom stereocenters. The van der Waals surface area contributed by atoms with Crippen molar-refractivity contribution >= 4 is 33.0 Å². The second-order valence-electron chi connectivity index (χ2n) is 5.87. The van der Waals surface area contributed by atoms with E-state index in [0.29, 0.717) is 5.69 Å². The van der Waals surface area contributed by atoms with Gasteiger partial charge in [0.05, 0.1) is 15.1 Å². The summed E-state index contributed by atoms with van der Waals surface area (Å²) in [7, 11) is -1.00. The van der Waals surface area contributed by atoms with Gasteiger partial charge in [-0.3, -0.25) is 4.39 Å². The van der Waals surface area contributed by atoms with Gasteiger partial charge in [-0.2, -0.15) is 0 Å². The summed E-state index contributed by atoms with van der Waals surface area (Å²) in [6.45, 7) is 23.6. The molecule has 2 aromatic carbocycles. The minimum Gasteiger partial charge on any atom is -0.512 e. The molecule has 0 aliphatic heterocycles. The Hall–Kier alpha value is -2.05. The number of hydrogen-bond donors (Lipinski definition) is 2. The number of hydrogen-bond acceptors (Lipinski definition) is 3. The Labute approximate surface area is 188 Å². The molecule has 0 bridgehead atoms. The fraction of sp³-hybridized carbons (Fsp3) is 0.333. The van der Waals surface area contributed by atoms with Crippen molar-refractivity contribution in [2.45, 2.75) is 41.5 Å². The zero-order chi connectivity index (χ0) is 22.6. The van der Waals surface area contributed by atoms with Crippen LogP contribution in [0.25, 0.3) is 4.85 Å². The Morgan fingerprint density at radius 2 is 1.29 bits per heavy atom. The number of halogens is 2. The Kier molecular flexibility index (Phi) is 15.0. The van der Waals surface area contributed by atoms with Crippen LogP contribution in [0.15, 0.2) is 16.6 Å². The molecular formula is C21H27BrCuFN4. The molecule has 0 fully saturated rings. The van der Waals surface area contributed by atoms with Crippen LogP contribution in [0.3, 0.4) is 0 Å². The molecule has 156 valence electrons. The third-order valence-electron chi connectivity index (χ3n) is 4.04. The topological polar surface area (TPSA) is 80.2 Å². The molecule has 0 amide bonds. The van der Waals surface area contributed by atoms with Crippen LogP contribution in [0.5, 0.6) is 0 Å². The molecule has 0 spiro atoms. The third-order valence-corrected chi connectivity index (χ3v) is 5.26. The normalized spacial score (nSPS) is 8.82. The predicted octanol–water partition coefficient (Wildman–Crippen LogP) is 6.38. The van der Waals surface area contributed by atoms with E-state index in [1.807, 2.05) is 40.7 Å². The summed E-state index contributed by atoms with van der Waals surface area (Å²) in [5.41, 5.74) is 20.4. The molecule has 0 heterocycles. The maximum absolute atomic E-state index is 9.96. The first-order valence-electron chi connectivity index (χ1n) is 8.57. The number of alkyl halides is 1. The third kappa shape index (κ3) is 7.90. The summed E-state index contributed by atoms with van der Waals surface area (Å²) in [6, 6.07) is 4.04. The predicted molar refractivity (Wildman–Crippen MR) is 116 cm³/mol. The fourth-order valence-corrected chi connectivity index (χ4v) is 2.87. The molecule has 0 saturated heterocycles. The molecular weight excluding hydrogens is 471 g/mol. The average molecular weight is 499 g/mol. The Morgan fingerprint density at radius 3 is 1.68 bits per heavy atom. The maximum Gasteiger partial charge on any atom is 1.00 e. The van der Waals surface area contributed by atoms with Gasteiger partial charge in [-0.15, -0.1) is 0 Å². The van der Waals surface area contributed by atoms with Crippen molar-refractivity contribution in [1.82, 2.24) is 0 Å². The Morgan fingerprint density at radius 1 is 0.929 bits per heavy atom. The van der Waals surface area contributed by atoms with Gasteiger partial charge in [-0.1, -0.05) is 28.1 Å². The standard InChI is InChI=1S/C10H12N2.C9H12BrN.CH3F.CN.Cu/c1-6-5-7(2)10(12-4)8(3)9(6)11;1-5-4-6(2)9(11)7(3)8(5)10;2*1-2;/h5H,11H2,1-3H3;4H,11H2,1-3H3;1H3;;/q;;;-1;+1/i;;1D;;. The first-order valence-corrected chi connectivity index (χ1v) is 8.65. The summed E-state index contributed by atoms with van der Waals surface area (Å²) in [6.07, 6.45) is 0. The van der Waals surface area contributed by atoms with Crippen LogP contribution in [0.2, 0.25) is 0 Å². The molecule has 28 heavy (non-hydrogen) atoms. The van der Waals surface area contributed by atoms with Gasteiger partial charge in [0.15, 0.2) is 5.69 Å². The largest absolute Gasteiger partial charge is 1.00 e.